The van der Waals surface area contributed by atoms with Gasteiger partial charge in [0.2, 0.25) is 0 Å². The summed E-state index contributed by atoms with van der Waals surface area (Å²) >= 11 is 3.32. The van der Waals surface area contributed by atoms with Crippen LogP contribution < -0.4 is 5.32 Å². The average Bonchev–Trinajstić information content (AvgIpc) is 2.62. The van der Waals surface area contributed by atoms with Crippen LogP contribution in [0.5, 0.6) is 0 Å². The summed E-state index contributed by atoms with van der Waals surface area (Å²) in [5.41, 5.74) is 0.715. The van der Waals surface area contributed by atoms with Crippen LogP contribution in [0.2, 0.25) is 0 Å². The first-order chi connectivity index (χ1) is 8.44. The molecule has 98 valence electrons. The van der Waals surface area contributed by atoms with E-state index in [4.69, 9.17) is 4.74 Å². The summed E-state index contributed by atoms with van der Waals surface area (Å²) in [5, 5.41) is 7.61. The smallest absolute Gasteiger partial charge is 0.155 e. The predicted molar refractivity (Wildman–Crippen MR) is 74.9 cm³/mol. The molecule has 5 nitrogen and oxygen atoms in total. The largest absolute Gasteiger partial charge is 0.374 e. The first-order valence-corrected chi connectivity index (χ1v) is 6.63. The second kappa shape index (κ2) is 5.24. The van der Waals surface area contributed by atoms with Gasteiger partial charge >= 0.3 is 0 Å². The Kier molecular flexibility index (Phi) is 3.87. The van der Waals surface area contributed by atoms with Crippen molar-refractivity contribution in [3.63, 3.8) is 0 Å². The average molecular weight is 313 g/mol. The van der Waals surface area contributed by atoms with Gasteiger partial charge in [-0.2, -0.15) is 0 Å². The summed E-state index contributed by atoms with van der Waals surface area (Å²) in [5.74, 6) is 0.810. The van der Waals surface area contributed by atoms with Gasteiger partial charge in [0.05, 0.1) is 18.4 Å². The Hall–Kier alpha value is -1.14. The number of nitrogens with one attached hydrogen (secondary N) is 1. The Morgan fingerprint density at radius 3 is 2.89 bits per heavy atom. The Bertz CT molecular complexity index is 532. The summed E-state index contributed by atoms with van der Waals surface area (Å²) in [7, 11) is 0. The van der Waals surface area contributed by atoms with E-state index in [1.54, 1.807) is 4.52 Å². The molecule has 0 atom stereocenters. The lowest BCUT2D eigenvalue weighted by Crippen LogP contribution is -2.23. The maximum Gasteiger partial charge on any atom is 0.155 e. The molecule has 0 unspecified atom stereocenters. The summed E-state index contributed by atoms with van der Waals surface area (Å²) in [6.07, 6.45) is 1.83. The molecule has 0 spiro atoms. The zero-order chi connectivity index (χ0) is 13.2. The van der Waals surface area contributed by atoms with Gasteiger partial charge in [0.1, 0.15) is 10.4 Å². The Morgan fingerprint density at radius 2 is 2.17 bits per heavy atom. The normalized spacial score (nSPS) is 12.0. The predicted octanol–water partition coefficient (Wildman–Crippen LogP) is 2.72. The van der Waals surface area contributed by atoms with E-state index < -0.39 is 0 Å². The van der Waals surface area contributed by atoms with E-state index in [9.17, 15) is 0 Å². The molecule has 2 heterocycles. The number of aromatic nitrogens is 3. The fraction of sp³-hybridized carbons (Fsp3) is 0.500. The highest BCUT2D eigenvalue weighted by Crippen LogP contribution is 2.12. The van der Waals surface area contributed by atoms with E-state index in [-0.39, 0.29) is 5.60 Å². The van der Waals surface area contributed by atoms with Crippen molar-refractivity contribution in [2.45, 2.75) is 26.4 Å². The number of ether oxygens (including phenoxy) is 1. The van der Waals surface area contributed by atoms with Crippen LogP contribution >= 0.6 is 15.9 Å². The summed E-state index contributed by atoms with van der Waals surface area (Å²) < 4.78 is 8.14. The lowest BCUT2D eigenvalue weighted by atomic mass is 10.2. The first kappa shape index (κ1) is 13.3. The number of anilines is 1. The molecule has 0 aliphatic carbocycles. The summed E-state index contributed by atoms with van der Waals surface area (Å²) in [6.45, 7) is 7.50. The molecule has 2 aromatic rings. The van der Waals surface area contributed by atoms with Crippen molar-refractivity contribution in [1.29, 1.82) is 0 Å². The van der Waals surface area contributed by atoms with E-state index in [0.717, 1.165) is 22.6 Å². The minimum absolute atomic E-state index is 0.103. The number of hydrogen-bond acceptors (Lipinski definition) is 4. The molecule has 0 fully saturated rings. The van der Waals surface area contributed by atoms with Gasteiger partial charge in [-0.1, -0.05) is 0 Å². The number of imidazole rings is 1. The Labute approximate surface area is 115 Å². The van der Waals surface area contributed by atoms with Gasteiger partial charge in [-0.3, -0.25) is 0 Å². The van der Waals surface area contributed by atoms with Gasteiger partial charge in [-0.05, 0) is 48.8 Å². The van der Waals surface area contributed by atoms with E-state index in [0.29, 0.717) is 6.61 Å². The van der Waals surface area contributed by atoms with Crippen molar-refractivity contribution >= 4 is 27.4 Å². The van der Waals surface area contributed by atoms with Crippen molar-refractivity contribution in [1.82, 2.24) is 14.6 Å². The van der Waals surface area contributed by atoms with E-state index in [2.05, 4.69) is 31.3 Å². The lowest BCUT2D eigenvalue weighted by molar-refractivity contribution is 0.00330. The highest BCUT2D eigenvalue weighted by Gasteiger charge is 2.09. The molecule has 18 heavy (non-hydrogen) atoms. The van der Waals surface area contributed by atoms with Gasteiger partial charge in [0.25, 0.3) is 0 Å². The van der Waals surface area contributed by atoms with Crippen molar-refractivity contribution in [3.8, 4) is 0 Å². The van der Waals surface area contributed by atoms with Crippen LogP contribution in [0.4, 0.5) is 5.82 Å². The molecule has 2 rings (SSSR count). The highest BCUT2D eigenvalue weighted by atomic mass is 79.9. The zero-order valence-electron chi connectivity index (χ0n) is 10.8. The zero-order valence-corrected chi connectivity index (χ0v) is 12.4. The van der Waals surface area contributed by atoms with Crippen LogP contribution in [-0.2, 0) is 4.74 Å². The van der Waals surface area contributed by atoms with E-state index >= 15 is 0 Å². The standard InChI is InChI=1S/C12H17BrN4O/c1-12(2,3)18-7-6-14-10-4-5-11-15-9(13)8-17(11)16-10/h4-5,8H,6-7H2,1-3H3,(H,14,16). The van der Waals surface area contributed by atoms with Crippen LogP contribution in [0.25, 0.3) is 5.65 Å². The Morgan fingerprint density at radius 1 is 1.39 bits per heavy atom. The molecule has 0 aromatic carbocycles. The third kappa shape index (κ3) is 3.68. The van der Waals surface area contributed by atoms with Gasteiger partial charge in [0.15, 0.2) is 5.65 Å². The second-order valence-corrected chi connectivity index (χ2v) is 5.79. The van der Waals surface area contributed by atoms with Crippen LogP contribution in [-0.4, -0.2) is 33.4 Å². The van der Waals surface area contributed by atoms with E-state index in [1.807, 2.05) is 39.1 Å². The van der Waals surface area contributed by atoms with Crippen LogP contribution in [0.1, 0.15) is 20.8 Å². The SMILES string of the molecule is CC(C)(C)OCCNc1ccc2nc(Br)cn2n1. The molecular formula is C12H17BrN4O. The third-order valence-corrected chi connectivity index (χ3v) is 2.62. The molecule has 0 amide bonds. The molecule has 0 radical (unpaired) electrons. The van der Waals surface area contributed by atoms with Crippen LogP contribution in [0.3, 0.4) is 0 Å². The fourth-order valence-electron chi connectivity index (χ4n) is 1.48. The van der Waals surface area contributed by atoms with Gasteiger partial charge in [-0.15, -0.1) is 5.10 Å². The van der Waals surface area contributed by atoms with Gasteiger partial charge in [0, 0.05) is 6.54 Å². The van der Waals surface area contributed by atoms with Crippen molar-refractivity contribution < 1.29 is 4.74 Å². The maximum atomic E-state index is 5.63. The molecule has 0 aliphatic rings. The van der Waals surface area contributed by atoms with Crippen LogP contribution in [0.15, 0.2) is 22.9 Å². The van der Waals surface area contributed by atoms with Gasteiger partial charge < -0.3 is 10.1 Å². The molecule has 2 aromatic heterocycles. The minimum atomic E-state index is -0.103. The molecule has 0 saturated heterocycles. The topological polar surface area (TPSA) is 51.5 Å². The molecule has 0 aliphatic heterocycles. The number of hydrogen-bond donors (Lipinski definition) is 1. The third-order valence-electron chi connectivity index (χ3n) is 2.23. The number of rotatable bonds is 4. The van der Waals surface area contributed by atoms with Crippen molar-refractivity contribution in [3.05, 3.63) is 22.9 Å². The Balaban J connectivity index is 1.91. The second-order valence-electron chi connectivity index (χ2n) is 4.97. The van der Waals surface area contributed by atoms with Crippen LogP contribution in [0, 0.1) is 0 Å². The monoisotopic (exact) mass is 312 g/mol. The highest BCUT2D eigenvalue weighted by molar-refractivity contribution is 9.10. The molecule has 0 bridgehead atoms. The maximum absolute atomic E-state index is 5.63. The molecule has 6 heteroatoms. The summed E-state index contributed by atoms with van der Waals surface area (Å²) in [6, 6.07) is 3.83. The number of fused-ring (bicyclic) bond motifs is 1. The molecule has 0 saturated carbocycles. The fourth-order valence-corrected chi connectivity index (χ4v) is 1.86. The molecule has 1 N–H and O–H groups in total. The van der Waals surface area contributed by atoms with Gasteiger partial charge in [-0.25, -0.2) is 9.50 Å². The molecular weight excluding hydrogens is 296 g/mol. The quantitative estimate of drug-likeness (QED) is 0.882. The van der Waals surface area contributed by atoms with Crippen molar-refractivity contribution in [2.24, 2.45) is 0 Å². The lowest BCUT2D eigenvalue weighted by Gasteiger charge is -2.19. The number of nitrogens with zero attached hydrogens (tertiary/aromatic N) is 3. The minimum Gasteiger partial charge on any atom is -0.374 e. The number of halogens is 1. The van der Waals surface area contributed by atoms with E-state index in [1.165, 1.54) is 0 Å². The summed E-state index contributed by atoms with van der Waals surface area (Å²) in [4.78, 5) is 4.25. The first-order valence-electron chi connectivity index (χ1n) is 5.84. The van der Waals surface area contributed by atoms with Crippen molar-refractivity contribution in [2.75, 3.05) is 18.5 Å².